The van der Waals surface area contributed by atoms with Crippen LogP contribution in [0.3, 0.4) is 0 Å². The fraction of sp³-hybridized carbons (Fsp3) is 0.294. The molecule has 7 heteroatoms. The van der Waals surface area contributed by atoms with Gasteiger partial charge in [0.05, 0.1) is 11.5 Å². The SMILES string of the molecule is CC(C)[C@@]1(C)N=C(c2nc3ccccc3cc2C(=O)[O-])NC1=O.[NH4+]. The number of nitrogens with zero attached hydrogens (tertiary/aromatic N) is 2. The molecule has 7 nitrogen and oxygen atoms in total. The second-order valence-corrected chi connectivity index (χ2v) is 6.08. The number of hydrogen-bond acceptors (Lipinski definition) is 5. The molecule has 0 aliphatic carbocycles. The van der Waals surface area contributed by atoms with Crippen molar-refractivity contribution in [3.8, 4) is 0 Å². The molecule has 0 fully saturated rings. The number of amides is 1. The third-order valence-corrected chi connectivity index (χ3v) is 4.33. The molecule has 126 valence electrons. The van der Waals surface area contributed by atoms with Gasteiger partial charge in [0.25, 0.3) is 5.91 Å². The number of nitrogens with one attached hydrogen (secondary N) is 1. The van der Waals surface area contributed by atoms with Crippen LogP contribution < -0.4 is 16.6 Å². The molecule has 1 aliphatic heterocycles. The minimum atomic E-state index is -1.35. The van der Waals surface area contributed by atoms with Gasteiger partial charge < -0.3 is 21.4 Å². The molecule has 1 atom stereocenters. The van der Waals surface area contributed by atoms with Gasteiger partial charge in [0.1, 0.15) is 11.2 Å². The number of carboxylic acid groups (broad SMARTS) is 1. The number of aliphatic imine (C=N–C) groups is 1. The molecular weight excluding hydrogens is 308 g/mol. The lowest BCUT2D eigenvalue weighted by Gasteiger charge is -2.21. The van der Waals surface area contributed by atoms with Crippen LogP contribution in [0.15, 0.2) is 35.3 Å². The minimum Gasteiger partial charge on any atom is -0.545 e. The second kappa shape index (κ2) is 6.01. The molecule has 1 aromatic heterocycles. The van der Waals surface area contributed by atoms with Crippen LogP contribution in [-0.2, 0) is 4.79 Å². The highest BCUT2D eigenvalue weighted by Gasteiger charge is 2.42. The molecule has 1 aromatic carbocycles. The smallest absolute Gasteiger partial charge is 0.253 e. The number of aromatic carboxylic acids is 1. The Labute approximate surface area is 139 Å². The normalized spacial score (nSPS) is 19.8. The van der Waals surface area contributed by atoms with Crippen molar-refractivity contribution in [3.05, 3.63) is 41.6 Å². The Morgan fingerprint density at radius 1 is 1.29 bits per heavy atom. The first-order valence-electron chi connectivity index (χ1n) is 7.35. The maximum absolute atomic E-state index is 12.2. The summed E-state index contributed by atoms with van der Waals surface area (Å²) in [5.41, 5.74) is -0.272. The van der Waals surface area contributed by atoms with Gasteiger partial charge in [0, 0.05) is 10.9 Å². The number of pyridine rings is 1. The Bertz CT molecular complexity index is 860. The monoisotopic (exact) mass is 328 g/mol. The largest absolute Gasteiger partial charge is 0.545 e. The van der Waals surface area contributed by atoms with Crippen molar-refractivity contribution in [2.75, 3.05) is 0 Å². The van der Waals surface area contributed by atoms with Gasteiger partial charge in [-0.05, 0) is 25.0 Å². The average molecular weight is 328 g/mol. The summed E-state index contributed by atoms with van der Waals surface area (Å²) in [7, 11) is 0. The first-order valence-corrected chi connectivity index (χ1v) is 7.35. The zero-order valence-electron chi connectivity index (χ0n) is 14.1. The number of benzene rings is 1. The number of amidine groups is 1. The Morgan fingerprint density at radius 2 is 1.96 bits per heavy atom. The molecule has 24 heavy (non-hydrogen) atoms. The Balaban J connectivity index is 0.00000208. The van der Waals surface area contributed by atoms with E-state index >= 15 is 0 Å². The Kier molecular flexibility index (Phi) is 4.40. The molecule has 1 amide bonds. The molecule has 0 saturated heterocycles. The van der Waals surface area contributed by atoms with Gasteiger partial charge >= 0.3 is 0 Å². The highest BCUT2D eigenvalue weighted by molar-refractivity contribution is 6.18. The number of carbonyl (C=O) groups is 2. The van der Waals surface area contributed by atoms with Gasteiger partial charge in [0.15, 0.2) is 5.84 Å². The summed E-state index contributed by atoms with van der Waals surface area (Å²) in [6.07, 6.45) is 0. The quantitative estimate of drug-likeness (QED) is 0.878. The Hall–Kier alpha value is -2.80. The number of aromatic nitrogens is 1. The molecule has 0 bridgehead atoms. The summed E-state index contributed by atoms with van der Waals surface area (Å²) in [6.45, 7) is 5.50. The number of quaternary nitrogens is 1. The molecular formula is C17H20N4O3. The highest BCUT2D eigenvalue weighted by atomic mass is 16.4. The summed E-state index contributed by atoms with van der Waals surface area (Å²) >= 11 is 0. The fourth-order valence-corrected chi connectivity index (χ4v) is 2.50. The van der Waals surface area contributed by atoms with Crippen molar-refractivity contribution >= 4 is 28.6 Å². The van der Waals surface area contributed by atoms with Crippen LogP contribution in [-0.4, -0.2) is 28.2 Å². The van der Waals surface area contributed by atoms with Crippen molar-refractivity contribution in [2.24, 2.45) is 10.9 Å². The molecule has 5 N–H and O–H groups in total. The predicted octanol–water partition coefficient (Wildman–Crippen LogP) is 1.27. The third-order valence-electron chi connectivity index (χ3n) is 4.33. The van der Waals surface area contributed by atoms with E-state index < -0.39 is 11.5 Å². The van der Waals surface area contributed by atoms with Crippen LogP contribution in [0.5, 0.6) is 0 Å². The molecule has 0 unspecified atom stereocenters. The van der Waals surface area contributed by atoms with Crippen molar-refractivity contribution in [1.82, 2.24) is 16.5 Å². The van der Waals surface area contributed by atoms with Crippen molar-refractivity contribution in [1.29, 1.82) is 0 Å². The topological polar surface area (TPSA) is 131 Å². The molecule has 0 radical (unpaired) electrons. The van der Waals surface area contributed by atoms with E-state index in [0.29, 0.717) is 10.9 Å². The second-order valence-electron chi connectivity index (χ2n) is 6.08. The lowest BCUT2D eigenvalue weighted by Crippen LogP contribution is -2.41. The van der Waals surface area contributed by atoms with E-state index in [0.717, 1.165) is 0 Å². The van der Waals surface area contributed by atoms with E-state index in [-0.39, 0.29) is 35.1 Å². The number of carboxylic acids is 1. The lowest BCUT2D eigenvalue weighted by atomic mass is 9.89. The summed E-state index contributed by atoms with van der Waals surface area (Å²) in [4.78, 5) is 32.5. The van der Waals surface area contributed by atoms with Gasteiger partial charge in [-0.2, -0.15) is 0 Å². The number of para-hydroxylation sites is 1. The number of rotatable bonds is 3. The average Bonchev–Trinajstić information content (AvgIpc) is 2.82. The third kappa shape index (κ3) is 2.63. The van der Waals surface area contributed by atoms with E-state index in [2.05, 4.69) is 15.3 Å². The summed E-state index contributed by atoms with van der Waals surface area (Å²) in [5, 5.41) is 14.8. The predicted molar refractivity (Wildman–Crippen MR) is 90.0 cm³/mol. The molecule has 3 rings (SSSR count). The fourth-order valence-electron chi connectivity index (χ4n) is 2.50. The van der Waals surface area contributed by atoms with E-state index in [1.54, 1.807) is 25.1 Å². The standard InChI is InChI=1S/C17H17N3O3.H3N/c1-9(2)17(3)16(23)19-14(20-17)13-11(15(21)22)8-10-6-4-5-7-12(10)18-13;/h4-9H,1-3H3,(H,21,22)(H,19,20,23);1H3/t17-;/m1./s1. The molecule has 0 saturated carbocycles. The van der Waals surface area contributed by atoms with E-state index in [4.69, 9.17) is 0 Å². The highest BCUT2D eigenvalue weighted by Crippen LogP contribution is 2.28. The summed E-state index contributed by atoms with van der Waals surface area (Å²) in [5.74, 6) is -1.47. The maximum Gasteiger partial charge on any atom is 0.253 e. The molecule has 2 aromatic rings. The maximum atomic E-state index is 12.2. The first-order chi connectivity index (χ1) is 10.8. The van der Waals surface area contributed by atoms with Gasteiger partial charge in [0.2, 0.25) is 0 Å². The van der Waals surface area contributed by atoms with Crippen molar-refractivity contribution in [2.45, 2.75) is 26.3 Å². The van der Waals surface area contributed by atoms with Gasteiger partial charge in [-0.1, -0.05) is 32.0 Å². The summed E-state index contributed by atoms with van der Waals surface area (Å²) < 4.78 is 0. The lowest BCUT2D eigenvalue weighted by molar-refractivity contribution is -0.255. The van der Waals surface area contributed by atoms with Crippen LogP contribution in [0.4, 0.5) is 0 Å². The molecule has 2 heterocycles. The van der Waals surface area contributed by atoms with Crippen LogP contribution in [0.1, 0.15) is 36.8 Å². The number of hydrogen-bond donors (Lipinski definition) is 2. The van der Waals surface area contributed by atoms with E-state index in [1.165, 1.54) is 6.07 Å². The van der Waals surface area contributed by atoms with Crippen LogP contribution >= 0.6 is 0 Å². The van der Waals surface area contributed by atoms with Gasteiger partial charge in [-0.15, -0.1) is 0 Å². The van der Waals surface area contributed by atoms with Crippen LogP contribution in [0.25, 0.3) is 10.9 Å². The van der Waals surface area contributed by atoms with Crippen molar-refractivity contribution in [3.63, 3.8) is 0 Å². The van der Waals surface area contributed by atoms with Crippen LogP contribution in [0, 0.1) is 5.92 Å². The van der Waals surface area contributed by atoms with Gasteiger partial charge in [-0.3, -0.25) is 4.79 Å². The van der Waals surface area contributed by atoms with Crippen molar-refractivity contribution < 1.29 is 14.7 Å². The van der Waals surface area contributed by atoms with Gasteiger partial charge in [-0.25, -0.2) is 9.98 Å². The molecule has 0 spiro atoms. The number of carbonyl (C=O) groups excluding carboxylic acids is 2. The zero-order valence-corrected chi connectivity index (χ0v) is 14.1. The van der Waals surface area contributed by atoms with E-state index in [1.807, 2.05) is 19.9 Å². The minimum absolute atomic E-state index is 0. The van der Waals surface area contributed by atoms with Crippen LogP contribution in [0.2, 0.25) is 0 Å². The number of fused-ring (bicyclic) bond motifs is 1. The van der Waals surface area contributed by atoms with E-state index in [9.17, 15) is 14.7 Å². The zero-order chi connectivity index (χ0) is 16.8. The summed E-state index contributed by atoms with van der Waals surface area (Å²) in [6, 6.07) is 8.65. The Morgan fingerprint density at radius 3 is 2.54 bits per heavy atom. The molecule has 1 aliphatic rings. The first kappa shape index (κ1) is 17.6.